The van der Waals surface area contributed by atoms with Crippen LogP contribution in [-0.2, 0) is 6.42 Å². The quantitative estimate of drug-likeness (QED) is 0.354. The van der Waals surface area contributed by atoms with E-state index in [2.05, 4.69) is 58.7 Å². The molecule has 1 saturated carbocycles. The summed E-state index contributed by atoms with van der Waals surface area (Å²) in [6.45, 7) is 10.5. The molecule has 1 spiro atoms. The predicted molar refractivity (Wildman–Crippen MR) is 156 cm³/mol. The van der Waals surface area contributed by atoms with Gasteiger partial charge in [0, 0.05) is 32.8 Å². The average molecular weight is 517 g/mol. The molecule has 4 rings (SSSR count). The van der Waals surface area contributed by atoms with E-state index in [0.29, 0.717) is 18.4 Å². The first kappa shape index (κ1) is 28.0. The van der Waals surface area contributed by atoms with E-state index in [0.717, 1.165) is 73.7 Å². The molecule has 0 bridgehead atoms. The fourth-order valence-electron chi connectivity index (χ4n) is 5.74. The first-order valence-electron chi connectivity index (χ1n) is 14.1. The van der Waals surface area contributed by atoms with Crippen LogP contribution in [0.15, 0.2) is 57.9 Å². The molecule has 0 amide bonds. The molecule has 2 N–H and O–H groups in total. The highest BCUT2D eigenvalue weighted by molar-refractivity contribution is 6.04. The highest BCUT2D eigenvalue weighted by atomic mass is 16.5. The van der Waals surface area contributed by atoms with Crippen molar-refractivity contribution < 1.29 is 9.84 Å². The van der Waals surface area contributed by atoms with E-state index in [1.54, 1.807) is 7.05 Å². The summed E-state index contributed by atoms with van der Waals surface area (Å²) in [6, 6.07) is 8.09. The lowest BCUT2D eigenvalue weighted by Gasteiger charge is -2.37. The lowest BCUT2D eigenvalue weighted by molar-refractivity contribution is 0.0198. The number of hydrogen-bond donors (Lipinski definition) is 2. The van der Waals surface area contributed by atoms with Crippen LogP contribution in [-0.4, -0.2) is 55.4 Å². The van der Waals surface area contributed by atoms with Crippen LogP contribution >= 0.6 is 0 Å². The first-order chi connectivity index (χ1) is 18.4. The van der Waals surface area contributed by atoms with E-state index in [4.69, 9.17) is 4.74 Å². The van der Waals surface area contributed by atoms with Crippen LogP contribution in [0.4, 0.5) is 0 Å². The van der Waals surface area contributed by atoms with Gasteiger partial charge >= 0.3 is 0 Å². The third-order valence-corrected chi connectivity index (χ3v) is 8.47. The molecular weight excluding hydrogens is 472 g/mol. The van der Waals surface area contributed by atoms with Gasteiger partial charge in [0.15, 0.2) is 0 Å². The maximum Gasteiger partial charge on any atom is 0.149 e. The minimum absolute atomic E-state index is 0.205. The number of hydrogen-bond acceptors (Lipinski definition) is 5. The topological polar surface area (TPSA) is 69.5 Å². The van der Waals surface area contributed by atoms with Gasteiger partial charge in [0.1, 0.15) is 24.0 Å². The van der Waals surface area contributed by atoms with Gasteiger partial charge in [-0.2, -0.15) is 0 Å². The maximum absolute atomic E-state index is 11.6. The standard InChI is InChI=1S/C32H44N4O2/c1-5-6-7-8-21-38-26-12-9-11-25(22-26)23-28(37)31(2)14-10-15-32(16-17-32)24-36(20-18-31)30(34-4)27-13-19-35-29(27)33-3/h9,11-13,19,22,28,37H,4-6,10,14-18,20-21,23-24H2,1-3H3,(H,33,35)/b30-27+. The van der Waals surface area contributed by atoms with Gasteiger partial charge in [-0.15, -0.1) is 0 Å². The number of aliphatic hydroxyl groups is 1. The number of benzene rings is 1. The fraction of sp³-hybridized carbons (Fsp3) is 0.562. The average Bonchev–Trinajstić information content (AvgIpc) is 3.49. The molecular formula is C32H44N4O2. The Kier molecular flexibility index (Phi) is 9.33. The smallest absolute Gasteiger partial charge is 0.149 e. The summed E-state index contributed by atoms with van der Waals surface area (Å²) in [5.74, 6) is 8.72. The van der Waals surface area contributed by atoms with Gasteiger partial charge in [-0.05, 0) is 86.3 Å². The van der Waals surface area contributed by atoms with E-state index >= 15 is 0 Å². The second kappa shape index (κ2) is 12.7. The predicted octanol–water partition coefficient (Wildman–Crippen LogP) is 5.49. The summed E-state index contributed by atoms with van der Waals surface area (Å²) in [4.78, 5) is 11.3. The maximum atomic E-state index is 11.6. The Morgan fingerprint density at radius 3 is 2.82 bits per heavy atom. The van der Waals surface area contributed by atoms with Crippen molar-refractivity contribution >= 4 is 12.6 Å². The Morgan fingerprint density at radius 2 is 2.08 bits per heavy atom. The van der Waals surface area contributed by atoms with Crippen LogP contribution in [0.3, 0.4) is 0 Å². The summed E-state index contributed by atoms with van der Waals surface area (Å²) in [7, 11) is 1.80. The first-order valence-corrected chi connectivity index (χ1v) is 14.1. The third-order valence-electron chi connectivity index (χ3n) is 8.47. The number of unbranched alkanes of at least 4 members (excludes halogenated alkanes) is 1. The van der Waals surface area contributed by atoms with Crippen LogP contribution in [0.25, 0.3) is 0 Å². The lowest BCUT2D eigenvalue weighted by Crippen LogP contribution is -2.38. The summed E-state index contributed by atoms with van der Waals surface area (Å²) >= 11 is 0. The van der Waals surface area contributed by atoms with Crippen LogP contribution in [0.5, 0.6) is 5.75 Å². The Hall–Kier alpha value is -3.04. The van der Waals surface area contributed by atoms with Crippen molar-refractivity contribution in [1.29, 1.82) is 0 Å². The lowest BCUT2D eigenvalue weighted by atomic mass is 9.74. The molecule has 6 heteroatoms. The van der Waals surface area contributed by atoms with E-state index in [1.807, 2.05) is 30.5 Å². The van der Waals surface area contributed by atoms with Crippen molar-refractivity contribution in [2.75, 3.05) is 26.7 Å². The highest BCUT2D eigenvalue weighted by Gasteiger charge is 2.46. The molecule has 204 valence electrons. The number of rotatable bonds is 8. The number of aliphatic imine (C=N–C) groups is 2. The molecule has 1 saturated heterocycles. The Balaban J connectivity index is 1.48. The Bertz CT molecular complexity index is 1140. The molecule has 2 aliphatic heterocycles. The number of nitrogens with zero attached hydrogens (tertiary/aromatic N) is 3. The van der Waals surface area contributed by atoms with Crippen LogP contribution in [0, 0.1) is 22.7 Å². The van der Waals surface area contributed by atoms with Crippen LogP contribution < -0.4 is 10.1 Å². The van der Waals surface area contributed by atoms with Gasteiger partial charge in [0.25, 0.3) is 0 Å². The molecule has 0 radical (unpaired) electrons. The largest absolute Gasteiger partial charge is 0.481 e. The van der Waals surface area contributed by atoms with Gasteiger partial charge in [-0.1, -0.05) is 44.2 Å². The third kappa shape index (κ3) is 6.88. The number of amidine groups is 1. The molecule has 1 aromatic rings. The molecule has 2 atom stereocenters. The van der Waals surface area contributed by atoms with Crippen molar-refractivity contribution in [3.8, 4) is 17.6 Å². The second-order valence-corrected chi connectivity index (χ2v) is 11.4. The van der Waals surface area contributed by atoms with Crippen molar-refractivity contribution in [3.05, 3.63) is 53.5 Å². The molecule has 1 aromatic carbocycles. The zero-order valence-electron chi connectivity index (χ0n) is 23.4. The van der Waals surface area contributed by atoms with Gasteiger partial charge in [0.2, 0.25) is 0 Å². The molecule has 6 nitrogen and oxygen atoms in total. The van der Waals surface area contributed by atoms with E-state index < -0.39 is 6.10 Å². The number of ether oxygens (including phenoxy) is 1. The van der Waals surface area contributed by atoms with Crippen LogP contribution in [0.2, 0.25) is 0 Å². The highest BCUT2D eigenvalue weighted by Crippen LogP contribution is 2.53. The molecule has 2 unspecified atom stereocenters. The minimum atomic E-state index is -0.453. The SMILES string of the molecule is C=N/C(=C1/C=CNC1=NC)N1CCC(C)(C(O)Cc2cccc(OCC#CCCC)c2)CCCC2(CC2)C1. The minimum Gasteiger partial charge on any atom is -0.481 e. The summed E-state index contributed by atoms with van der Waals surface area (Å²) in [5, 5.41) is 14.8. The summed E-state index contributed by atoms with van der Waals surface area (Å²) in [6.07, 6.45) is 12.8. The Morgan fingerprint density at radius 1 is 1.24 bits per heavy atom. The van der Waals surface area contributed by atoms with E-state index in [9.17, 15) is 5.11 Å². The monoisotopic (exact) mass is 516 g/mol. The normalized spacial score (nSPS) is 25.5. The molecule has 0 aromatic heterocycles. The van der Waals surface area contributed by atoms with Gasteiger partial charge in [-0.3, -0.25) is 4.99 Å². The van der Waals surface area contributed by atoms with Crippen molar-refractivity contribution in [2.45, 2.75) is 77.7 Å². The zero-order valence-corrected chi connectivity index (χ0v) is 23.4. The second-order valence-electron chi connectivity index (χ2n) is 11.4. The van der Waals surface area contributed by atoms with E-state index in [-0.39, 0.29) is 5.41 Å². The van der Waals surface area contributed by atoms with Crippen molar-refractivity contribution in [2.24, 2.45) is 20.8 Å². The van der Waals surface area contributed by atoms with E-state index in [1.165, 1.54) is 19.3 Å². The van der Waals surface area contributed by atoms with Crippen molar-refractivity contribution in [3.63, 3.8) is 0 Å². The summed E-state index contributed by atoms with van der Waals surface area (Å²) < 4.78 is 5.84. The van der Waals surface area contributed by atoms with Crippen molar-refractivity contribution in [1.82, 2.24) is 10.2 Å². The molecule has 1 aliphatic carbocycles. The van der Waals surface area contributed by atoms with Gasteiger partial charge < -0.3 is 20.1 Å². The number of aliphatic hydroxyl groups excluding tert-OH is 1. The fourth-order valence-corrected chi connectivity index (χ4v) is 5.74. The molecule has 2 fully saturated rings. The van der Waals surface area contributed by atoms with Gasteiger partial charge in [0.05, 0.1) is 11.7 Å². The summed E-state index contributed by atoms with van der Waals surface area (Å²) in [5.41, 5.74) is 2.24. The number of nitrogens with one attached hydrogen (secondary N) is 1. The Labute approximate surface area is 229 Å². The zero-order chi connectivity index (χ0) is 27.0. The molecule has 38 heavy (non-hydrogen) atoms. The van der Waals surface area contributed by atoms with Crippen LogP contribution in [0.1, 0.15) is 70.8 Å². The molecule has 3 aliphatic rings. The van der Waals surface area contributed by atoms with Gasteiger partial charge in [-0.25, -0.2) is 4.99 Å². The molecule has 2 heterocycles.